The molecule has 0 saturated heterocycles. The molecule has 0 radical (unpaired) electrons. The van der Waals surface area contributed by atoms with Gasteiger partial charge >= 0.3 is 0 Å². The van der Waals surface area contributed by atoms with Gasteiger partial charge in [-0.3, -0.25) is 4.90 Å². The Labute approximate surface area is 98.5 Å². The zero-order valence-electron chi connectivity index (χ0n) is 10.4. The van der Waals surface area contributed by atoms with Crippen LogP contribution in [-0.2, 0) is 0 Å². The van der Waals surface area contributed by atoms with Crippen LogP contribution in [0, 0.1) is 0 Å². The summed E-state index contributed by atoms with van der Waals surface area (Å²) in [5, 5.41) is 11.7. The molecule has 1 aliphatic rings. The fourth-order valence-electron chi connectivity index (χ4n) is 2.46. The van der Waals surface area contributed by atoms with Crippen LogP contribution < -0.4 is 5.73 Å². The lowest BCUT2D eigenvalue weighted by molar-refractivity contribution is 0.218. The lowest BCUT2D eigenvalue weighted by atomic mass is 10.1. The van der Waals surface area contributed by atoms with Gasteiger partial charge in [-0.1, -0.05) is 37.8 Å². The van der Waals surface area contributed by atoms with Crippen molar-refractivity contribution >= 4 is 5.84 Å². The van der Waals surface area contributed by atoms with E-state index in [1.165, 1.54) is 44.9 Å². The lowest BCUT2D eigenvalue weighted by Gasteiger charge is -2.28. The minimum Gasteiger partial charge on any atom is -0.409 e. The second kappa shape index (κ2) is 7.49. The smallest absolute Gasteiger partial charge is 0.153 e. The average Bonchev–Trinajstić information content (AvgIpc) is 2.81. The number of oxime groups is 1. The van der Waals surface area contributed by atoms with E-state index in [-0.39, 0.29) is 0 Å². The molecule has 0 spiro atoms. The molecule has 4 nitrogen and oxygen atoms in total. The van der Waals surface area contributed by atoms with Crippen molar-refractivity contribution < 1.29 is 5.21 Å². The molecule has 0 unspecified atom stereocenters. The molecule has 16 heavy (non-hydrogen) atoms. The van der Waals surface area contributed by atoms with Gasteiger partial charge in [-0.2, -0.15) is 0 Å². The van der Waals surface area contributed by atoms with Crippen molar-refractivity contribution in [2.24, 2.45) is 10.9 Å². The molecule has 0 bridgehead atoms. The van der Waals surface area contributed by atoms with Gasteiger partial charge in [0, 0.05) is 6.04 Å². The summed E-state index contributed by atoms with van der Waals surface area (Å²) in [5.74, 6) is 0.336. The summed E-state index contributed by atoms with van der Waals surface area (Å²) in [4.78, 5) is 2.39. The molecule has 94 valence electrons. The van der Waals surface area contributed by atoms with Crippen LogP contribution in [0.2, 0.25) is 0 Å². The fourth-order valence-corrected chi connectivity index (χ4v) is 2.46. The first kappa shape index (κ1) is 13.3. The van der Waals surface area contributed by atoms with E-state index in [2.05, 4.69) is 17.0 Å². The maximum Gasteiger partial charge on any atom is 0.153 e. The molecule has 0 aliphatic heterocycles. The number of rotatable bonds is 7. The molecule has 0 amide bonds. The lowest BCUT2D eigenvalue weighted by Crippen LogP contribution is -2.40. The van der Waals surface area contributed by atoms with Gasteiger partial charge in [-0.15, -0.1) is 0 Å². The highest BCUT2D eigenvalue weighted by atomic mass is 16.4. The van der Waals surface area contributed by atoms with Gasteiger partial charge in [-0.05, 0) is 25.8 Å². The third-order valence-electron chi connectivity index (χ3n) is 3.38. The Balaban J connectivity index is 2.40. The Bertz CT molecular complexity index is 212. The molecule has 1 rings (SSSR count). The molecule has 0 heterocycles. The van der Waals surface area contributed by atoms with Crippen LogP contribution in [0.4, 0.5) is 0 Å². The average molecular weight is 227 g/mol. The summed E-state index contributed by atoms with van der Waals surface area (Å²) in [5.41, 5.74) is 5.60. The summed E-state index contributed by atoms with van der Waals surface area (Å²) in [6, 6.07) is 0.650. The van der Waals surface area contributed by atoms with Crippen molar-refractivity contribution in [3.05, 3.63) is 0 Å². The molecule has 1 fully saturated rings. The quantitative estimate of drug-likeness (QED) is 0.230. The van der Waals surface area contributed by atoms with E-state index in [0.717, 1.165) is 6.54 Å². The zero-order valence-corrected chi connectivity index (χ0v) is 10.4. The number of hydrogen-bond donors (Lipinski definition) is 2. The molecule has 0 aromatic heterocycles. The highest BCUT2D eigenvalue weighted by Gasteiger charge is 2.22. The van der Waals surface area contributed by atoms with Crippen molar-refractivity contribution in [2.45, 2.75) is 57.9 Å². The molecule has 1 aliphatic carbocycles. The number of nitrogens with two attached hydrogens (primary N) is 1. The number of nitrogens with zero attached hydrogens (tertiary/aromatic N) is 2. The minimum absolute atomic E-state index is 0.336. The molecule has 0 aromatic carbocycles. The zero-order chi connectivity index (χ0) is 11.8. The van der Waals surface area contributed by atoms with Crippen molar-refractivity contribution in [3.8, 4) is 0 Å². The first-order chi connectivity index (χ1) is 7.77. The monoisotopic (exact) mass is 227 g/mol. The van der Waals surface area contributed by atoms with Crippen LogP contribution in [0.15, 0.2) is 5.16 Å². The number of amidine groups is 1. The van der Waals surface area contributed by atoms with Gasteiger partial charge in [-0.25, -0.2) is 0 Å². The van der Waals surface area contributed by atoms with E-state index in [4.69, 9.17) is 10.9 Å². The van der Waals surface area contributed by atoms with Crippen molar-refractivity contribution in [3.63, 3.8) is 0 Å². The Hall–Kier alpha value is -0.770. The summed E-state index contributed by atoms with van der Waals surface area (Å²) >= 11 is 0. The van der Waals surface area contributed by atoms with Gasteiger partial charge in [0.25, 0.3) is 0 Å². The standard InChI is InChI=1S/C12H25N3O/c1-2-3-6-9-15(10-12(13)14-16)11-7-4-5-8-11/h11,16H,2-10H2,1H3,(H2,13,14). The van der Waals surface area contributed by atoms with E-state index < -0.39 is 0 Å². The van der Waals surface area contributed by atoms with Gasteiger partial charge in [0.05, 0.1) is 6.54 Å². The fraction of sp³-hybridized carbons (Fsp3) is 0.917. The summed E-state index contributed by atoms with van der Waals surface area (Å²) in [7, 11) is 0. The van der Waals surface area contributed by atoms with Crippen LogP contribution in [0.1, 0.15) is 51.9 Å². The predicted octanol–water partition coefficient (Wildman–Crippen LogP) is 2.17. The van der Waals surface area contributed by atoms with Crippen molar-refractivity contribution in [1.82, 2.24) is 4.90 Å². The Morgan fingerprint density at radius 3 is 2.62 bits per heavy atom. The normalized spacial score (nSPS) is 18.5. The Morgan fingerprint density at radius 2 is 2.06 bits per heavy atom. The maximum absolute atomic E-state index is 8.63. The van der Waals surface area contributed by atoms with E-state index in [1.807, 2.05) is 0 Å². The second-order valence-electron chi connectivity index (χ2n) is 4.71. The minimum atomic E-state index is 0.336. The second-order valence-corrected chi connectivity index (χ2v) is 4.71. The van der Waals surface area contributed by atoms with Gasteiger partial charge in [0.2, 0.25) is 0 Å². The summed E-state index contributed by atoms with van der Waals surface area (Å²) in [6.07, 6.45) is 8.90. The van der Waals surface area contributed by atoms with Crippen molar-refractivity contribution in [2.75, 3.05) is 13.1 Å². The van der Waals surface area contributed by atoms with Gasteiger partial charge in [0.1, 0.15) is 0 Å². The van der Waals surface area contributed by atoms with Gasteiger partial charge in [0.15, 0.2) is 5.84 Å². The van der Waals surface area contributed by atoms with E-state index in [0.29, 0.717) is 18.4 Å². The Morgan fingerprint density at radius 1 is 1.38 bits per heavy atom. The molecule has 0 atom stereocenters. The molecule has 4 heteroatoms. The van der Waals surface area contributed by atoms with E-state index in [1.54, 1.807) is 0 Å². The summed E-state index contributed by atoms with van der Waals surface area (Å²) < 4.78 is 0. The number of hydrogen-bond acceptors (Lipinski definition) is 3. The molecule has 1 saturated carbocycles. The van der Waals surface area contributed by atoms with Gasteiger partial charge < -0.3 is 10.9 Å². The largest absolute Gasteiger partial charge is 0.409 e. The molecule has 0 aromatic rings. The highest BCUT2D eigenvalue weighted by Crippen LogP contribution is 2.23. The van der Waals surface area contributed by atoms with E-state index in [9.17, 15) is 0 Å². The van der Waals surface area contributed by atoms with Crippen LogP contribution in [-0.4, -0.2) is 35.1 Å². The molecule has 3 N–H and O–H groups in total. The third-order valence-corrected chi connectivity index (χ3v) is 3.38. The van der Waals surface area contributed by atoms with Crippen LogP contribution in [0.25, 0.3) is 0 Å². The van der Waals surface area contributed by atoms with Crippen LogP contribution in [0.5, 0.6) is 0 Å². The highest BCUT2D eigenvalue weighted by molar-refractivity contribution is 5.81. The van der Waals surface area contributed by atoms with Crippen LogP contribution in [0.3, 0.4) is 0 Å². The van der Waals surface area contributed by atoms with E-state index >= 15 is 0 Å². The first-order valence-electron chi connectivity index (χ1n) is 6.48. The predicted molar refractivity (Wildman–Crippen MR) is 66.8 cm³/mol. The third kappa shape index (κ3) is 4.39. The SMILES string of the molecule is CCCCCN(CC(N)=NO)C1CCCC1. The molecular formula is C12H25N3O. The number of unbranched alkanes of at least 4 members (excludes halogenated alkanes) is 2. The first-order valence-corrected chi connectivity index (χ1v) is 6.48. The van der Waals surface area contributed by atoms with Crippen molar-refractivity contribution in [1.29, 1.82) is 0 Å². The Kier molecular flexibility index (Phi) is 6.23. The summed E-state index contributed by atoms with van der Waals surface area (Å²) in [6.45, 7) is 3.91. The maximum atomic E-state index is 8.63. The topological polar surface area (TPSA) is 61.8 Å². The molecular weight excluding hydrogens is 202 g/mol. The van der Waals surface area contributed by atoms with Crippen LogP contribution >= 0.6 is 0 Å².